The quantitative estimate of drug-likeness (QED) is 0.757. The number of ether oxygens (including phenoxy) is 1. The van der Waals surface area contributed by atoms with Crippen molar-refractivity contribution in [2.45, 2.75) is 38.1 Å². The fourth-order valence-electron chi connectivity index (χ4n) is 2.68. The van der Waals surface area contributed by atoms with Gasteiger partial charge in [-0.05, 0) is 37.5 Å². The average Bonchev–Trinajstić information content (AvgIpc) is 2.97. The lowest BCUT2D eigenvalue weighted by molar-refractivity contribution is -0.124. The smallest absolute Gasteiger partial charge is 0.244 e. The van der Waals surface area contributed by atoms with Crippen LogP contribution in [-0.4, -0.2) is 35.6 Å². The first-order valence-electron chi connectivity index (χ1n) is 8.39. The third kappa shape index (κ3) is 4.15. The zero-order chi connectivity index (χ0) is 17.9. The van der Waals surface area contributed by atoms with Crippen LogP contribution in [0.1, 0.15) is 32.6 Å². The fourth-order valence-corrected chi connectivity index (χ4v) is 3.60. The molecule has 0 bridgehead atoms. The molecule has 3 rings (SSSR count). The second-order valence-electron chi connectivity index (χ2n) is 6.22. The van der Waals surface area contributed by atoms with Crippen molar-refractivity contribution >= 4 is 44.2 Å². The molecule has 1 saturated heterocycles. The van der Waals surface area contributed by atoms with Crippen molar-refractivity contribution < 1.29 is 14.3 Å². The number of hydrogen-bond donors (Lipinski definition) is 3. The Morgan fingerprint density at radius 2 is 2.08 bits per heavy atom. The number of thiazole rings is 1. The number of fused-ring (bicyclic) bond motifs is 1. The Hall–Kier alpha value is -2.03. The molecule has 2 aromatic rings. The molecule has 1 aliphatic heterocycles. The van der Waals surface area contributed by atoms with Crippen molar-refractivity contribution in [1.82, 2.24) is 4.98 Å². The summed E-state index contributed by atoms with van der Waals surface area (Å²) < 4.78 is 6.16. The van der Waals surface area contributed by atoms with E-state index in [0.29, 0.717) is 43.3 Å². The SMILES string of the molecule is CCCC(=O)Nc1nc2ccc(NC(=O)C3(N)CCOCC3)cc2s1. The number of carbonyl (C=O) groups is 2. The highest BCUT2D eigenvalue weighted by atomic mass is 32.1. The van der Waals surface area contributed by atoms with Gasteiger partial charge in [0, 0.05) is 25.3 Å². The molecule has 1 aromatic carbocycles. The minimum Gasteiger partial charge on any atom is -0.381 e. The lowest BCUT2D eigenvalue weighted by Gasteiger charge is -2.31. The Balaban J connectivity index is 1.72. The van der Waals surface area contributed by atoms with Crippen molar-refractivity contribution in [3.8, 4) is 0 Å². The molecule has 2 heterocycles. The summed E-state index contributed by atoms with van der Waals surface area (Å²) in [4.78, 5) is 28.6. The van der Waals surface area contributed by atoms with Gasteiger partial charge in [0.1, 0.15) is 5.54 Å². The molecular formula is C17H22N4O3S. The van der Waals surface area contributed by atoms with Crippen LogP contribution in [0.4, 0.5) is 10.8 Å². The highest BCUT2D eigenvalue weighted by Gasteiger charge is 2.35. The van der Waals surface area contributed by atoms with Gasteiger partial charge < -0.3 is 21.1 Å². The minimum absolute atomic E-state index is 0.0420. The number of nitrogens with zero attached hydrogens (tertiary/aromatic N) is 1. The normalized spacial score (nSPS) is 16.6. The second-order valence-corrected chi connectivity index (χ2v) is 7.25. The number of carbonyl (C=O) groups excluding carboxylic acids is 2. The van der Waals surface area contributed by atoms with Crippen molar-refractivity contribution in [3.63, 3.8) is 0 Å². The maximum absolute atomic E-state index is 12.5. The molecule has 25 heavy (non-hydrogen) atoms. The van der Waals surface area contributed by atoms with Crippen LogP contribution in [0.15, 0.2) is 18.2 Å². The van der Waals surface area contributed by atoms with Gasteiger partial charge in [0.05, 0.1) is 10.2 Å². The topological polar surface area (TPSA) is 106 Å². The maximum Gasteiger partial charge on any atom is 0.244 e. The van der Waals surface area contributed by atoms with Crippen molar-refractivity contribution in [1.29, 1.82) is 0 Å². The van der Waals surface area contributed by atoms with E-state index in [1.165, 1.54) is 11.3 Å². The number of amides is 2. The summed E-state index contributed by atoms with van der Waals surface area (Å²) in [6.45, 7) is 2.95. The van der Waals surface area contributed by atoms with Gasteiger partial charge >= 0.3 is 0 Å². The first-order valence-corrected chi connectivity index (χ1v) is 9.20. The van der Waals surface area contributed by atoms with Gasteiger partial charge in [-0.3, -0.25) is 9.59 Å². The lowest BCUT2D eigenvalue weighted by Crippen LogP contribution is -2.54. The van der Waals surface area contributed by atoms with Gasteiger partial charge in [0.15, 0.2) is 5.13 Å². The van der Waals surface area contributed by atoms with Crippen LogP contribution in [0.3, 0.4) is 0 Å². The van der Waals surface area contributed by atoms with E-state index in [4.69, 9.17) is 10.5 Å². The number of aromatic nitrogens is 1. The fraction of sp³-hybridized carbons (Fsp3) is 0.471. The third-order valence-electron chi connectivity index (χ3n) is 4.21. The molecule has 0 atom stereocenters. The molecule has 4 N–H and O–H groups in total. The highest BCUT2D eigenvalue weighted by Crippen LogP contribution is 2.29. The van der Waals surface area contributed by atoms with Crippen LogP contribution in [0, 0.1) is 0 Å². The van der Waals surface area contributed by atoms with Gasteiger partial charge in [-0.2, -0.15) is 0 Å². The summed E-state index contributed by atoms with van der Waals surface area (Å²) >= 11 is 1.38. The predicted octanol–water partition coefficient (Wildman–Crippen LogP) is 2.48. The Morgan fingerprint density at radius 1 is 1.32 bits per heavy atom. The first-order chi connectivity index (χ1) is 12.0. The Kier molecular flexibility index (Phi) is 5.31. The number of benzene rings is 1. The van der Waals surface area contributed by atoms with E-state index < -0.39 is 5.54 Å². The van der Waals surface area contributed by atoms with Gasteiger partial charge in [-0.1, -0.05) is 18.3 Å². The molecule has 1 fully saturated rings. The van der Waals surface area contributed by atoms with E-state index in [9.17, 15) is 9.59 Å². The molecule has 1 aliphatic rings. The zero-order valence-corrected chi connectivity index (χ0v) is 14.9. The van der Waals surface area contributed by atoms with Gasteiger partial charge in [-0.15, -0.1) is 0 Å². The molecule has 0 aliphatic carbocycles. The van der Waals surface area contributed by atoms with Gasteiger partial charge in [0.2, 0.25) is 11.8 Å². The van der Waals surface area contributed by atoms with E-state index in [2.05, 4.69) is 15.6 Å². The molecule has 0 saturated carbocycles. The zero-order valence-electron chi connectivity index (χ0n) is 14.1. The summed E-state index contributed by atoms with van der Waals surface area (Å²) in [6.07, 6.45) is 2.28. The number of hydrogen-bond acceptors (Lipinski definition) is 6. The minimum atomic E-state index is -0.889. The first kappa shape index (κ1) is 17.8. The third-order valence-corrected chi connectivity index (χ3v) is 5.14. The van der Waals surface area contributed by atoms with Crippen LogP contribution in [0.2, 0.25) is 0 Å². The second kappa shape index (κ2) is 7.47. The molecule has 0 unspecified atom stereocenters. The number of rotatable bonds is 5. The molecule has 2 amide bonds. The van der Waals surface area contributed by atoms with E-state index in [1.807, 2.05) is 19.1 Å². The van der Waals surface area contributed by atoms with E-state index in [-0.39, 0.29) is 11.8 Å². The van der Waals surface area contributed by atoms with Crippen LogP contribution >= 0.6 is 11.3 Å². The lowest BCUT2D eigenvalue weighted by atomic mass is 9.90. The Labute approximate surface area is 149 Å². The van der Waals surface area contributed by atoms with E-state index >= 15 is 0 Å². The predicted molar refractivity (Wildman–Crippen MR) is 98.8 cm³/mol. The largest absolute Gasteiger partial charge is 0.381 e. The molecule has 1 aromatic heterocycles. The van der Waals surface area contributed by atoms with Crippen molar-refractivity contribution in [2.24, 2.45) is 5.73 Å². The number of nitrogens with two attached hydrogens (primary N) is 1. The molecule has 0 radical (unpaired) electrons. The van der Waals surface area contributed by atoms with Crippen LogP contribution in [0.5, 0.6) is 0 Å². The summed E-state index contributed by atoms with van der Waals surface area (Å²) in [5.74, 6) is -0.240. The standard InChI is InChI=1S/C17H22N4O3S/c1-2-3-14(22)21-16-20-12-5-4-11(10-13(12)25-16)19-15(23)17(18)6-8-24-9-7-17/h4-5,10H,2-3,6-9,18H2,1H3,(H,19,23)(H,20,21,22). The van der Waals surface area contributed by atoms with Gasteiger partial charge in [0.25, 0.3) is 0 Å². The van der Waals surface area contributed by atoms with Gasteiger partial charge in [-0.25, -0.2) is 4.98 Å². The number of nitrogens with one attached hydrogen (secondary N) is 2. The van der Waals surface area contributed by atoms with Crippen LogP contribution in [-0.2, 0) is 14.3 Å². The summed E-state index contributed by atoms with van der Waals surface area (Å²) in [7, 11) is 0. The summed E-state index contributed by atoms with van der Waals surface area (Å²) in [6, 6.07) is 5.47. The number of anilines is 2. The Morgan fingerprint density at radius 3 is 2.80 bits per heavy atom. The Bertz CT molecular complexity index is 783. The van der Waals surface area contributed by atoms with Crippen LogP contribution < -0.4 is 16.4 Å². The molecular weight excluding hydrogens is 340 g/mol. The molecule has 8 heteroatoms. The highest BCUT2D eigenvalue weighted by molar-refractivity contribution is 7.22. The van der Waals surface area contributed by atoms with E-state index in [0.717, 1.165) is 16.6 Å². The maximum atomic E-state index is 12.5. The molecule has 134 valence electrons. The van der Waals surface area contributed by atoms with Crippen LogP contribution in [0.25, 0.3) is 10.2 Å². The van der Waals surface area contributed by atoms with Crippen molar-refractivity contribution in [3.05, 3.63) is 18.2 Å². The summed E-state index contributed by atoms with van der Waals surface area (Å²) in [5.41, 5.74) is 6.76. The molecule has 7 nitrogen and oxygen atoms in total. The molecule has 0 spiro atoms. The monoisotopic (exact) mass is 362 g/mol. The summed E-state index contributed by atoms with van der Waals surface area (Å²) in [5, 5.41) is 6.25. The average molecular weight is 362 g/mol. The van der Waals surface area contributed by atoms with Crippen molar-refractivity contribution in [2.75, 3.05) is 23.8 Å². The van der Waals surface area contributed by atoms with E-state index in [1.54, 1.807) is 6.07 Å².